The van der Waals surface area contributed by atoms with Crippen LogP contribution in [-0.4, -0.2) is 41.9 Å². The summed E-state index contributed by atoms with van der Waals surface area (Å²) in [5, 5.41) is 21.2. The molecular weight excluding hydrogens is 428 g/mol. The van der Waals surface area contributed by atoms with Crippen molar-refractivity contribution in [1.82, 2.24) is 5.32 Å². The van der Waals surface area contributed by atoms with Crippen LogP contribution in [0.4, 0.5) is 0 Å². The van der Waals surface area contributed by atoms with Crippen molar-refractivity contribution in [2.45, 2.75) is 34.6 Å². The molecule has 0 heterocycles. The fraction of sp³-hybridized carbons (Fsp3) is 0.250. The molecule has 0 atom stereocenters. The predicted octanol–water partition coefficient (Wildman–Crippen LogP) is 5.22. The number of terminal acetylenes is 1. The number of hydrogen-bond acceptors (Lipinski definition) is 4. The monoisotopic (exact) mass is 462 g/mol. The number of nitrogens with one attached hydrogen (secondary N) is 1. The molecule has 0 spiro atoms. The highest BCUT2D eigenvalue weighted by molar-refractivity contribution is 6.05. The Morgan fingerprint density at radius 1 is 1.06 bits per heavy atom. The molecule has 180 valence electrons. The van der Waals surface area contributed by atoms with Gasteiger partial charge in [-0.15, -0.1) is 6.42 Å². The van der Waals surface area contributed by atoms with E-state index in [1.807, 2.05) is 58.0 Å². The van der Waals surface area contributed by atoms with Crippen LogP contribution in [0, 0.1) is 26.2 Å². The van der Waals surface area contributed by atoms with Crippen LogP contribution in [0.2, 0.25) is 0 Å². The Kier molecular flexibility index (Phi) is 14.5. The number of nitrogens with zero attached hydrogens (tertiary/aromatic N) is 1. The van der Waals surface area contributed by atoms with Gasteiger partial charge in [-0.05, 0) is 57.5 Å². The van der Waals surface area contributed by atoms with Crippen molar-refractivity contribution in [2.75, 3.05) is 13.6 Å². The maximum Gasteiger partial charge on any atom is 0.322 e. The number of amides is 1. The Morgan fingerprint density at radius 2 is 1.65 bits per heavy atom. The smallest absolute Gasteiger partial charge is 0.322 e. The summed E-state index contributed by atoms with van der Waals surface area (Å²) >= 11 is 0. The number of aliphatic hydroxyl groups is 1. The van der Waals surface area contributed by atoms with Crippen LogP contribution in [0.5, 0.6) is 0 Å². The van der Waals surface area contributed by atoms with Gasteiger partial charge in [-0.3, -0.25) is 9.59 Å². The normalized spacial score (nSPS) is 11.1. The second-order valence-electron chi connectivity index (χ2n) is 7.08. The SMILES string of the molecule is C#C/C(C(=O)NCC(=O)O)=C(/O)c1cccc(C)c1/C(C)=C\C.CC=NC.Cc1ccccc1. The number of hydrogen-bond donors (Lipinski definition) is 3. The second-order valence-corrected chi connectivity index (χ2v) is 7.08. The Balaban J connectivity index is 0.000000809. The summed E-state index contributed by atoms with van der Waals surface area (Å²) in [4.78, 5) is 26.1. The Morgan fingerprint density at radius 3 is 2.06 bits per heavy atom. The lowest BCUT2D eigenvalue weighted by Crippen LogP contribution is -2.30. The van der Waals surface area contributed by atoms with Gasteiger partial charge in [-0.25, -0.2) is 0 Å². The first-order valence-corrected chi connectivity index (χ1v) is 10.7. The van der Waals surface area contributed by atoms with Crippen molar-refractivity contribution in [3.05, 3.63) is 82.4 Å². The summed E-state index contributed by atoms with van der Waals surface area (Å²) in [5.74, 6) is -0.225. The van der Waals surface area contributed by atoms with E-state index in [1.165, 1.54) is 5.56 Å². The number of aliphatic carboxylic acids is 1. The van der Waals surface area contributed by atoms with Crippen LogP contribution in [0.1, 0.15) is 43.0 Å². The highest BCUT2D eigenvalue weighted by Gasteiger charge is 2.19. The lowest BCUT2D eigenvalue weighted by Gasteiger charge is -2.14. The minimum Gasteiger partial charge on any atom is -0.506 e. The van der Waals surface area contributed by atoms with Crippen LogP contribution < -0.4 is 5.32 Å². The van der Waals surface area contributed by atoms with Crippen LogP contribution in [0.3, 0.4) is 0 Å². The molecule has 0 unspecified atom stereocenters. The zero-order valence-electron chi connectivity index (χ0n) is 20.7. The van der Waals surface area contributed by atoms with E-state index < -0.39 is 18.4 Å². The van der Waals surface area contributed by atoms with E-state index in [-0.39, 0.29) is 11.3 Å². The third-order valence-corrected chi connectivity index (χ3v) is 4.56. The Hall–Kier alpha value is -4.11. The topological polar surface area (TPSA) is 99.0 Å². The lowest BCUT2D eigenvalue weighted by molar-refractivity contribution is -0.137. The van der Waals surface area contributed by atoms with E-state index in [4.69, 9.17) is 11.5 Å². The van der Waals surface area contributed by atoms with Crippen LogP contribution in [0.25, 0.3) is 11.3 Å². The Bertz CT molecular complexity index is 1070. The van der Waals surface area contributed by atoms with Crippen molar-refractivity contribution in [3.63, 3.8) is 0 Å². The maximum absolute atomic E-state index is 12.0. The molecule has 0 saturated carbocycles. The van der Waals surface area contributed by atoms with E-state index in [0.29, 0.717) is 5.56 Å². The summed E-state index contributed by atoms with van der Waals surface area (Å²) in [7, 11) is 1.75. The molecule has 6 heteroatoms. The molecule has 2 rings (SSSR count). The largest absolute Gasteiger partial charge is 0.506 e. The van der Waals surface area contributed by atoms with Crippen LogP contribution >= 0.6 is 0 Å². The van der Waals surface area contributed by atoms with Gasteiger partial charge in [0.05, 0.1) is 0 Å². The second kappa shape index (κ2) is 16.5. The fourth-order valence-corrected chi connectivity index (χ4v) is 2.69. The fourth-order valence-electron chi connectivity index (χ4n) is 2.69. The predicted molar refractivity (Wildman–Crippen MR) is 141 cm³/mol. The Labute approximate surface area is 202 Å². The van der Waals surface area contributed by atoms with Gasteiger partial charge in [0.25, 0.3) is 5.91 Å². The quantitative estimate of drug-likeness (QED) is 0.245. The zero-order valence-corrected chi connectivity index (χ0v) is 20.7. The number of carboxylic acids is 1. The lowest BCUT2D eigenvalue weighted by atomic mass is 9.93. The number of rotatable bonds is 5. The van der Waals surface area contributed by atoms with Gasteiger partial charge in [0.15, 0.2) is 0 Å². The third kappa shape index (κ3) is 10.5. The number of carbonyl (C=O) groups is 2. The minimum absolute atomic E-state index is 0.304. The molecule has 0 fully saturated rings. The molecule has 1 amide bonds. The molecule has 2 aromatic rings. The molecule has 0 radical (unpaired) electrons. The average Bonchev–Trinajstić information content (AvgIpc) is 2.83. The summed E-state index contributed by atoms with van der Waals surface area (Å²) in [6.07, 6.45) is 8.96. The van der Waals surface area contributed by atoms with Crippen molar-refractivity contribution in [2.24, 2.45) is 4.99 Å². The van der Waals surface area contributed by atoms with Gasteiger partial charge in [0.1, 0.15) is 17.9 Å². The number of allylic oxidation sites excluding steroid dienone is 2. The molecule has 0 aliphatic rings. The molecule has 3 N–H and O–H groups in total. The molecule has 0 saturated heterocycles. The van der Waals surface area contributed by atoms with Crippen molar-refractivity contribution >= 4 is 29.4 Å². The number of benzene rings is 2. The number of aryl methyl sites for hydroxylation is 2. The van der Waals surface area contributed by atoms with Crippen LogP contribution in [0.15, 0.2) is 65.2 Å². The van der Waals surface area contributed by atoms with Gasteiger partial charge in [-0.1, -0.05) is 66.1 Å². The molecule has 2 aromatic carbocycles. The summed E-state index contributed by atoms with van der Waals surface area (Å²) < 4.78 is 0. The molecular formula is C28H34N2O4. The standard InChI is InChI=1S/C18H19NO4.C7H8.C3H7N/c1-5-11(3)16-12(4)8-7-9-14(16)17(22)13(6-2)18(23)19-10-15(20)21;1-7-5-3-2-4-6-7;1-3-4-2/h2,5,7-9,22H,10H2,1,3-4H3,(H,19,23)(H,20,21);2-6H,1H3;3H,1-2H3/b11-5-,17-13-;;. The summed E-state index contributed by atoms with van der Waals surface area (Å²) in [5.41, 5.74) is 4.08. The number of aliphatic hydroxyl groups excluding tert-OH is 1. The number of aliphatic imine (C=N–C) groups is 1. The highest BCUT2D eigenvalue weighted by atomic mass is 16.4. The maximum atomic E-state index is 12.0. The van der Waals surface area contributed by atoms with E-state index in [2.05, 4.69) is 35.3 Å². The summed E-state index contributed by atoms with van der Waals surface area (Å²) in [6, 6.07) is 15.6. The van der Waals surface area contributed by atoms with Gasteiger partial charge in [0, 0.05) is 12.6 Å². The molecule has 0 aliphatic heterocycles. The molecule has 0 bridgehead atoms. The van der Waals surface area contributed by atoms with Gasteiger partial charge in [0.2, 0.25) is 0 Å². The minimum atomic E-state index is -1.20. The summed E-state index contributed by atoms with van der Waals surface area (Å²) in [6.45, 7) is 9.04. The third-order valence-electron chi connectivity index (χ3n) is 4.56. The van der Waals surface area contributed by atoms with E-state index >= 15 is 0 Å². The first-order chi connectivity index (χ1) is 16.1. The van der Waals surface area contributed by atoms with Crippen molar-refractivity contribution in [3.8, 4) is 12.3 Å². The van der Waals surface area contributed by atoms with Crippen molar-refractivity contribution in [1.29, 1.82) is 0 Å². The number of carboxylic acid groups (broad SMARTS) is 1. The first-order valence-electron chi connectivity index (χ1n) is 10.7. The van der Waals surface area contributed by atoms with Crippen LogP contribution in [-0.2, 0) is 9.59 Å². The first kappa shape index (κ1) is 29.9. The highest BCUT2D eigenvalue weighted by Crippen LogP contribution is 2.28. The van der Waals surface area contributed by atoms with E-state index in [9.17, 15) is 14.7 Å². The van der Waals surface area contributed by atoms with E-state index in [0.717, 1.165) is 16.7 Å². The molecule has 6 nitrogen and oxygen atoms in total. The molecule has 0 aliphatic carbocycles. The number of carbonyl (C=O) groups excluding carboxylic acids is 1. The zero-order chi connectivity index (χ0) is 26.1. The van der Waals surface area contributed by atoms with Crippen molar-refractivity contribution < 1.29 is 19.8 Å². The average molecular weight is 463 g/mol. The van der Waals surface area contributed by atoms with Gasteiger partial charge >= 0.3 is 5.97 Å². The molecule has 0 aromatic heterocycles. The van der Waals surface area contributed by atoms with Gasteiger partial charge < -0.3 is 20.5 Å². The molecule has 34 heavy (non-hydrogen) atoms. The van der Waals surface area contributed by atoms with Gasteiger partial charge in [-0.2, -0.15) is 0 Å². The van der Waals surface area contributed by atoms with E-state index in [1.54, 1.807) is 25.4 Å².